The summed E-state index contributed by atoms with van der Waals surface area (Å²) >= 11 is 0. The van der Waals surface area contributed by atoms with Gasteiger partial charge in [-0.1, -0.05) is 44.7 Å². The molecule has 21 heavy (non-hydrogen) atoms. The van der Waals surface area contributed by atoms with Gasteiger partial charge >= 0.3 is 0 Å². The maximum absolute atomic E-state index is 12.1. The summed E-state index contributed by atoms with van der Waals surface area (Å²) in [7, 11) is 0. The third-order valence-electron chi connectivity index (χ3n) is 3.48. The van der Waals surface area contributed by atoms with Crippen LogP contribution in [-0.4, -0.2) is 22.8 Å². The zero-order valence-electron chi connectivity index (χ0n) is 13.6. The van der Waals surface area contributed by atoms with Crippen molar-refractivity contribution in [3.8, 4) is 0 Å². The van der Waals surface area contributed by atoms with Crippen LogP contribution < -0.4 is 0 Å². The van der Waals surface area contributed by atoms with Crippen molar-refractivity contribution in [2.45, 2.75) is 53.1 Å². The van der Waals surface area contributed by atoms with Crippen molar-refractivity contribution >= 4 is 11.6 Å². The Labute approximate surface area is 128 Å². The van der Waals surface area contributed by atoms with Crippen LogP contribution in [0.1, 0.15) is 47.0 Å². The maximum atomic E-state index is 12.1. The summed E-state index contributed by atoms with van der Waals surface area (Å²) in [5, 5.41) is 10.00. The van der Waals surface area contributed by atoms with Gasteiger partial charge in [0.25, 0.3) is 0 Å². The van der Waals surface area contributed by atoms with Crippen LogP contribution in [0.15, 0.2) is 36.5 Å². The van der Waals surface area contributed by atoms with E-state index in [0.29, 0.717) is 17.9 Å². The summed E-state index contributed by atoms with van der Waals surface area (Å²) in [5.74, 6) is 0.305. The average molecular weight is 292 g/mol. The van der Waals surface area contributed by atoms with Crippen molar-refractivity contribution in [3.63, 3.8) is 0 Å². The predicted molar refractivity (Wildman–Crippen MR) is 87.0 cm³/mol. The molecule has 0 heterocycles. The number of hydrogen-bond acceptors (Lipinski definition) is 3. The molecule has 0 fully saturated rings. The summed E-state index contributed by atoms with van der Waals surface area (Å²) < 4.78 is 0. The third-order valence-corrected chi connectivity index (χ3v) is 3.48. The molecule has 0 radical (unpaired) electrons. The van der Waals surface area contributed by atoms with E-state index >= 15 is 0 Å². The zero-order valence-corrected chi connectivity index (χ0v) is 13.6. The quantitative estimate of drug-likeness (QED) is 0.494. The van der Waals surface area contributed by atoms with Crippen LogP contribution in [0.4, 0.5) is 0 Å². The van der Waals surface area contributed by atoms with Gasteiger partial charge in [0.2, 0.25) is 0 Å². The Morgan fingerprint density at radius 3 is 2.38 bits per heavy atom. The number of carbonyl (C=O) groups excluding carboxylic acids is 2. The summed E-state index contributed by atoms with van der Waals surface area (Å²) in [6.45, 7) is 10.8. The Morgan fingerprint density at radius 2 is 1.86 bits per heavy atom. The molecule has 1 N–H and O–H groups in total. The summed E-state index contributed by atoms with van der Waals surface area (Å²) in [4.78, 5) is 23.0. The molecule has 0 amide bonds. The molecule has 0 aromatic carbocycles. The fraction of sp³-hybridized carbons (Fsp3) is 0.556. The average Bonchev–Trinajstić information content (AvgIpc) is 2.41. The van der Waals surface area contributed by atoms with Crippen molar-refractivity contribution < 1.29 is 14.7 Å². The number of carbonyl (C=O) groups is 2. The largest absolute Gasteiger partial charge is 0.388 e. The Balaban J connectivity index is 4.39. The minimum absolute atomic E-state index is 0.0454. The number of ketones is 2. The summed E-state index contributed by atoms with van der Waals surface area (Å²) in [5.41, 5.74) is 0.686. The van der Waals surface area contributed by atoms with E-state index < -0.39 is 6.10 Å². The normalized spacial score (nSPS) is 16.5. The summed E-state index contributed by atoms with van der Waals surface area (Å²) in [6, 6.07) is 0. The van der Waals surface area contributed by atoms with Gasteiger partial charge in [0.05, 0.1) is 6.10 Å². The molecule has 3 atom stereocenters. The number of Topliss-reactive ketones (excluding diaryl/α,β-unsaturated/α-hetero) is 2. The van der Waals surface area contributed by atoms with Gasteiger partial charge < -0.3 is 5.11 Å². The highest BCUT2D eigenvalue weighted by molar-refractivity contribution is 5.81. The van der Waals surface area contributed by atoms with Crippen LogP contribution in [0, 0.1) is 11.8 Å². The predicted octanol–water partition coefficient (Wildman–Crippen LogP) is 3.64. The van der Waals surface area contributed by atoms with Crippen molar-refractivity contribution in [3.05, 3.63) is 36.5 Å². The lowest BCUT2D eigenvalue weighted by atomic mass is 9.90. The molecule has 2 unspecified atom stereocenters. The molecule has 0 aliphatic carbocycles. The van der Waals surface area contributed by atoms with E-state index in [1.807, 2.05) is 19.1 Å². The second-order valence-corrected chi connectivity index (χ2v) is 5.78. The van der Waals surface area contributed by atoms with Gasteiger partial charge in [0.1, 0.15) is 11.6 Å². The lowest BCUT2D eigenvalue weighted by molar-refractivity contribution is -0.124. The van der Waals surface area contributed by atoms with Crippen molar-refractivity contribution in [1.82, 2.24) is 0 Å². The highest BCUT2D eigenvalue weighted by atomic mass is 16.3. The van der Waals surface area contributed by atoms with Crippen molar-refractivity contribution in [2.75, 3.05) is 0 Å². The van der Waals surface area contributed by atoms with E-state index in [0.717, 1.165) is 6.42 Å². The number of aliphatic hydroxyl groups is 1. The van der Waals surface area contributed by atoms with E-state index in [4.69, 9.17) is 0 Å². The molecule has 0 bridgehead atoms. The SMILES string of the molecule is C=C/C=C/[C@@H](C)CC(C)C(=O)CC(O)/C(C)=C/CC(C)=O. The topological polar surface area (TPSA) is 54.4 Å². The van der Waals surface area contributed by atoms with Gasteiger partial charge in [-0.3, -0.25) is 9.59 Å². The Morgan fingerprint density at radius 1 is 1.24 bits per heavy atom. The van der Waals surface area contributed by atoms with E-state index in [9.17, 15) is 14.7 Å². The number of allylic oxidation sites excluding steroid dienone is 4. The number of hydrogen-bond donors (Lipinski definition) is 1. The van der Waals surface area contributed by atoms with Crippen LogP contribution in [0.25, 0.3) is 0 Å². The van der Waals surface area contributed by atoms with Gasteiger partial charge in [-0.15, -0.1) is 0 Å². The van der Waals surface area contributed by atoms with Crippen LogP contribution in [0.3, 0.4) is 0 Å². The molecule has 118 valence electrons. The lowest BCUT2D eigenvalue weighted by Gasteiger charge is -2.16. The molecule has 0 saturated carbocycles. The fourth-order valence-electron chi connectivity index (χ4n) is 2.03. The lowest BCUT2D eigenvalue weighted by Crippen LogP contribution is -2.21. The second kappa shape index (κ2) is 10.3. The molecule has 0 spiro atoms. The molecule has 0 aromatic heterocycles. The molecule has 0 aromatic rings. The van der Waals surface area contributed by atoms with E-state index in [1.54, 1.807) is 19.1 Å². The maximum Gasteiger partial charge on any atom is 0.138 e. The van der Waals surface area contributed by atoms with Gasteiger partial charge in [0, 0.05) is 18.8 Å². The van der Waals surface area contributed by atoms with Gasteiger partial charge in [-0.05, 0) is 31.8 Å². The van der Waals surface area contributed by atoms with Crippen LogP contribution in [0.5, 0.6) is 0 Å². The van der Waals surface area contributed by atoms with Gasteiger partial charge in [-0.25, -0.2) is 0 Å². The van der Waals surface area contributed by atoms with Crippen molar-refractivity contribution in [2.24, 2.45) is 11.8 Å². The number of aliphatic hydroxyl groups excluding tert-OH is 1. The fourth-order valence-corrected chi connectivity index (χ4v) is 2.03. The second-order valence-electron chi connectivity index (χ2n) is 5.78. The number of rotatable bonds is 10. The first-order valence-corrected chi connectivity index (χ1v) is 7.44. The molecule has 0 aliphatic heterocycles. The molecular formula is C18H28O3. The molecule has 0 saturated heterocycles. The standard InChI is InChI=1S/C18H28O3/c1-6-7-8-13(2)11-15(4)18(21)12-17(20)14(3)9-10-16(5)19/h6-9,13,15,17,20H,1,10-12H2,2-5H3/b8-7+,14-9+/t13-,15?,17?/m1/s1. The Hall–Kier alpha value is -1.48. The van der Waals surface area contributed by atoms with E-state index in [1.165, 1.54) is 6.92 Å². The first-order chi connectivity index (χ1) is 9.77. The van der Waals surface area contributed by atoms with Crippen LogP contribution >= 0.6 is 0 Å². The highest BCUT2D eigenvalue weighted by Gasteiger charge is 2.19. The molecule has 3 heteroatoms. The first-order valence-electron chi connectivity index (χ1n) is 7.44. The molecule has 0 rings (SSSR count). The Kier molecular flexibility index (Phi) is 9.55. The van der Waals surface area contributed by atoms with Gasteiger partial charge in [-0.2, -0.15) is 0 Å². The Bertz CT molecular complexity index is 418. The summed E-state index contributed by atoms with van der Waals surface area (Å²) in [6.07, 6.45) is 7.69. The molecular weight excluding hydrogens is 264 g/mol. The monoisotopic (exact) mass is 292 g/mol. The third kappa shape index (κ3) is 9.14. The van der Waals surface area contributed by atoms with E-state index in [-0.39, 0.29) is 23.9 Å². The van der Waals surface area contributed by atoms with Gasteiger partial charge in [0.15, 0.2) is 0 Å². The molecule has 3 nitrogen and oxygen atoms in total. The highest BCUT2D eigenvalue weighted by Crippen LogP contribution is 2.18. The van der Waals surface area contributed by atoms with Crippen molar-refractivity contribution in [1.29, 1.82) is 0 Å². The zero-order chi connectivity index (χ0) is 16.4. The molecule has 0 aliphatic rings. The smallest absolute Gasteiger partial charge is 0.138 e. The minimum Gasteiger partial charge on any atom is -0.388 e. The van der Waals surface area contributed by atoms with Crippen LogP contribution in [-0.2, 0) is 9.59 Å². The van der Waals surface area contributed by atoms with E-state index in [2.05, 4.69) is 13.5 Å². The van der Waals surface area contributed by atoms with Crippen LogP contribution in [0.2, 0.25) is 0 Å². The minimum atomic E-state index is -0.793. The first kappa shape index (κ1) is 19.5.